The van der Waals surface area contributed by atoms with Gasteiger partial charge in [0.1, 0.15) is 5.69 Å². The van der Waals surface area contributed by atoms with Gasteiger partial charge in [-0.3, -0.25) is 4.79 Å². The van der Waals surface area contributed by atoms with E-state index >= 15 is 0 Å². The summed E-state index contributed by atoms with van der Waals surface area (Å²) in [6.45, 7) is 3.96. The summed E-state index contributed by atoms with van der Waals surface area (Å²) in [6, 6.07) is 0. The molecule has 1 aromatic rings. The Morgan fingerprint density at radius 2 is 2.07 bits per heavy atom. The monoisotopic (exact) mass is 384 g/mol. The van der Waals surface area contributed by atoms with Gasteiger partial charge in [-0.15, -0.1) is 6.58 Å². The number of H-pyrrole nitrogens is 1. The van der Waals surface area contributed by atoms with Gasteiger partial charge in [-0.1, -0.05) is 6.08 Å². The van der Waals surface area contributed by atoms with Crippen molar-refractivity contribution < 1.29 is 4.79 Å². The van der Waals surface area contributed by atoms with Gasteiger partial charge in [0.25, 0.3) is 5.91 Å². The van der Waals surface area contributed by atoms with Crippen LogP contribution in [0.1, 0.15) is 10.5 Å². The van der Waals surface area contributed by atoms with Gasteiger partial charge in [-0.05, 0) is 47.8 Å². The molecule has 6 heteroatoms. The highest BCUT2D eigenvalue weighted by molar-refractivity contribution is 9.14. The van der Waals surface area contributed by atoms with E-state index in [0.29, 0.717) is 16.7 Å². The molecule has 0 radical (unpaired) electrons. The maximum Gasteiger partial charge on any atom is 0.269 e. The molecule has 0 fully saturated rings. The van der Waals surface area contributed by atoms with E-state index in [1.54, 1.807) is 6.08 Å². The zero-order valence-electron chi connectivity index (χ0n) is 7.03. The summed E-state index contributed by atoms with van der Waals surface area (Å²) in [7, 11) is 0. The quantitative estimate of drug-likeness (QED) is 0.770. The Labute approximate surface area is 107 Å². The molecule has 0 aliphatic rings. The summed E-state index contributed by atoms with van der Waals surface area (Å²) in [4.78, 5) is 14.4. The van der Waals surface area contributed by atoms with Crippen molar-refractivity contribution in [3.8, 4) is 0 Å². The lowest BCUT2D eigenvalue weighted by Gasteiger charge is -1.99. The number of rotatable bonds is 3. The van der Waals surface area contributed by atoms with Gasteiger partial charge < -0.3 is 10.3 Å². The highest BCUT2D eigenvalue weighted by Crippen LogP contribution is 2.33. The third-order valence-electron chi connectivity index (χ3n) is 1.47. The zero-order valence-corrected chi connectivity index (χ0v) is 11.8. The largest absolute Gasteiger partial charge is 0.347 e. The van der Waals surface area contributed by atoms with Crippen LogP contribution in [0.15, 0.2) is 26.2 Å². The molecule has 0 atom stereocenters. The van der Waals surface area contributed by atoms with E-state index in [9.17, 15) is 4.79 Å². The molecule has 0 saturated heterocycles. The second-order valence-corrected chi connectivity index (χ2v) is 4.82. The first kappa shape index (κ1) is 12.0. The van der Waals surface area contributed by atoms with Gasteiger partial charge in [0.2, 0.25) is 0 Å². The van der Waals surface area contributed by atoms with Gasteiger partial charge in [-0.25, -0.2) is 0 Å². The summed E-state index contributed by atoms with van der Waals surface area (Å²) >= 11 is 9.88. The van der Waals surface area contributed by atoms with Crippen molar-refractivity contribution in [2.75, 3.05) is 6.54 Å². The van der Waals surface area contributed by atoms with Crippen molar-refractivity contribution in [2.45, 2.75) is 0 Å². The molecular formula is C8H7Br3N2O. The molecule has 14 heavy (non-hydrogen) atoms. The average Bonchev–Trinajstić information content (AvgIpc) is 2.42. The Balaban J connectivity index is 2.90. The maximum atomic E-state index is 11.5. The van der Waals surface area contributed by atoms with Crippen molar-refractivity contribution >= 4 is 53.7 Å². The van der Waals surface area contributed by atoms with E-state index in [2.05, 4.69) is 64.7 Å². The molecule has 1 amide bonds. The SMILES string of the molecule is C=CCNC(=O)c1[nH]c(Br)c(Br)c1Br. The second kappa shape index (κ2) is 5.14. The Morgan fingerprint density at radius 3 is 2.50 bits per heavy atom. The van der Waals surface area contributed by atoms with Crippen molar-refractivity contribution in [3.05, 3.63) is 31.9 Å². The van der Waals surface area contributed by atoms with Crippen LogP contribution in [-0.2, 0) is 0 Å². The number of carbonyl (C=O) groups is 1. The molecule has 1 aromatic heterocycles. The molecule has 1 heterocycles. The molecule has 0 spiro atoms. The topological polar surface area (TPSA) is 44.9 Å². The normalized spacial score (nSPS) is 9.93. The number of hydrogen-bond donors (Lipinski definition) is 2. The van der Waals surface area contributed by atoms with Crippen LogP contribution >= 0.6 is 47.8 Å². The number of aromatic amines is 1. The first-order valence-corrected chi connectivity index (χ1v) is 6.07. The molecule has 0 aliphatic carbocycles. The minimum atomic E-state index is -0.178. The number of hydrogen-bond acceptors (Lipinski definition) is 1. The molecule has 0 aromatic carbocycles. The minimum absolute atomic E-state index is 0.178. The fourth-order valence-electron chi connectivity index (χ4n) is 0.835. The van der Waals surface area contributed by atoms with E-state index in [4.69, 9.17) is 0 Å². The fraction of sp³-hybridized carbons (Fsp3) is 0.125. The van der Waals surface area contributed by atoms with Crippen LogP contribution in [0.4, 0.5) is 0 Å². The summed E-state index contributed by atoms with van der Waals surface area (Å²) in [5.41, 5.74) is 0.477. The predicted molar refractivity (Wildman–Crippen MR) is 66.4 cm³/mol. The van der Waals surface area contributed by atoms with Gasteiger partial charge in [0.15, 0.2) is 0 Å². The highest BCUT2D eigenvalue weighted by Gasteiger charge is 2.16. The van der Waals surface area contributed by atoms with Gasteiger partial charge >= 0.3 is 0 Å². The zero-order chi connectivity index (χ0) is 10.7. The first-order valence-electron chi connectivity index (χ1n) is 3.69. The molecule has 0 saturated carbocycles. The van der Waals surface area contributed by atoms with Gasteiger partial charge in [0.05, 0.1) is 13.5 Å². The molecular weight excluding hydrogens is 380 g/mol. The molecule has 2 N–H and O–H groups in total. The Hall–Kier alpha value is -0.0700. The summed E-state index contributed by atoms with van der Waals surface area (Å²) in [5.74, 6) is -0.178. The van der Waals surface area contributed by atoms with Gasteiger partial charge in [0, 0.05) is 6.54 Å². The molecule has 1 rings (SSSR count). The number of amides is 1. The number of nitrogens with one attached hydrogen (secondary N) is 2. The predicted octanol–water partition coefficient (Wildman–Crippen LogP) is 3.22. The number of halogens is 3. The lowest BCUT2D eigenvalue weighted by atomic mass is 10.4. The summed E-state index contributed by atoms with van der Waals surface area (Å²) < 4.78 is 2.22. The second-order valence-electron chi connectivity index (χ2n) is 2.44. The van der Waals surface area contributed by atoms with E-state index in [1.165, 1.54) is 0 Å². The van der Waals surface area contributed by atoms with Crippen LogP contribution in [0.25, 0.3) is 0 Å². The molecule has 0 aliphatic heterocycles. The summed E-state index contributed by atoms with van der Waals surface area (Å²) in [6.07, 6.45) is 1.62. The fourth-order valence-corrected chi connectivity index (χ4v) is 2.27. The molecule has 0 bridgehead atoms. The van der Waals surface area contributed by atoms with Crippen LogP contribution in [0.2, 0.25) is 0 Å². The standard InChI is InChI=1S/C8H7Br3N2O/c1-2-3-12-8(14)6-4(9)5(10)7(11)13-6/h2,13H,1,3H2,(H,12,14). The van der Waals surface area contributed by atoms with Crippen molar-refractivity contribution in [3.63, 3.8) is 0 Å². The van der Waals surface area contributed by atoms with E-state index in [-0.39, 0.29) is 5.91 Å². The lowest BCUT2D eigenvalue weighted by molar-refractivity contribution is 0.0953. The van der Waals surface area contributed by atoms with E-state index in [0.717, 1.165) is 9.08 Å². The Kier molecular flexibility index (Phi) is 4.40. The van der Waals surface area contributed by atoms with Crippen LogP contribution in [0.3, 0.4) is 0 Å². The van der Waals surface area contributed by atoms with Crippen LogP contribution in [-0.4, -0.2) is 17.4 Å². The number of aromatic nitrogens is 1. The van der Waals surface area contributed by atoms with E-state index in [1.807, 2.05) is 0 Å². The van der Waals surface area contributed by atoms with E-state index < -0.39 is 0 Å². The third-order valence-corrected chi connectivity index (χ3v) is 4.72. The third kappa shape index (κ3) is 2.49. The van der Waals surface area contributed by atoms with Crippen molar-refractivity contribution in [2.24, 2.45) is 0 Å². The van der Waals surface area contributed by atoms with Crippen LogP contribution in [0.5, 0.6) is 0 Å². The van der Waals surface area contributed by atoms with Crippen LogP contribution < -0.4 is 5.32 Å². The van der Waals surface area contributed by atoms with Crippen molar-refractivity contribution in [1.82, 2.24) is 10.3 Å². The maximum absolute atomic E-state index is 11.5. The van der Waals surface area contributed by atoms with Crippen molar-refractivity contribution in [1.29, 1.82) is 0 Å². The minimum Gasteiger partial charge on any atom is -0.347 e. The highest BCUT2D eigenvalue weighted by atomic mass is 79.9. The first-order chi connectivity index (χ1) is 6.57. The molecule has 0 unspecified atom stereocenters. The summed E-state index contributed by atoms with van der Waals surface area (Å²) in [5, 5.41) is 2.67. The molecule has 76 valence electrons. The lowest BCUT2D eigenvalue weighted by Crippen LogP contribution is -2.23. The average molecular weight is 387 g/mol. The Bertz CT molecular complexity index is 373. The van der Waals surface area contributed by atoms with Crippen LogP contribution in [0, 0.1) is 0 Å². The Morgan fingerprint density at radius 1 is 1.43 bits per heavy atom. The smallest absolute Gasteiger partial charge is 0.269 e. The molecule has 3 nitrogen and oxygen atoms in total. The number of carbonyl (C=O) groups excluding carboxylic acids is 1. The van der Waals surface area contributed by atoms with Gasteiger partial charge in [-0.2, -0.15) is 0 Å².